The Morgan fingerprint density at radius 3 is 2.68 bits per heavy atom. The van der Waals surface area contributed by atoms with Gasteiger partial charge in [-0.2, -0.15) is 0 Å². The molecule has 0 aliphatic rings. The number of imidazole rings is 1. The molecule has 1 heterocycles. The normalized spacial score (nSPS) is 10.8. The summed E-state index contributed by atoms with van der Waals surface area (Å²) in [5, 5.41) is 3.04. The summed E-state index contributed by atoms with van der Waals surface area (Å²) in [5.41, 5.74) is 7.09. The average Bonchev–Trinajstić information content (AvgIpc) is 2.95. The van der Waals surface area contributed by atoms with Crippen LogP contribution in [0.15, 0.2) is 30.3 Å². The molecule has 6 nitrogen and oxygen atoms in total. The fraction of sp³-hybridized carbons (Fsp3) is 0.158. The average molecular weight is 423 g/mol. The lowest BCUT2D eigenvalue weighted by Crippen LogP contribution is -2.24. The molecule has 0 atom stereocenters. The van der Waals surface area contributed by atoms with Gasteiger partial charge in [-0.3, -0.25) is 4.79 Å². The van der Waals surface area contributed by atoms with Crippen LogP contribution in [0.25, 0.3) is 0 Å². The molecule has 0 spiro atoms. The third kappa shape index (κ3) is 4.37. The van der Waals surface area contributed by atoms with E-state index in [0.29, 0.717) is 27.8 Å². The maximum absolute atomic E-state index is 15.0. The number of aromatic amines is 1. The van der Waals surface area contributed by atoms with Gasteiger partial charge < -0.3 is 20.8 Å². The number of aryl methyl sites for hydroxylation is 2. The molecule has 3 aromatic rings. The largest absolute Gasteiger partial charge is 0.454 e. The summed E-state index contributed by atoms with van der Waals surface area (Å²) in [7, 11) is 0. The van der Waals surface area contributed by atoms with Gasteiger partial charge in [-0.15, -0.1) is 0 Å². The number of ether oxygens (including phenoxy) is 1. The Kier molecular flexibility index (Phi) is 5.76. The molecular formula is C19H17Cl2FN4O2. The first-order valence-corrected chi connectivity index (χ1v) is 9.02. The first-order valence-electron chi connectivity index (χ1n) is 8.27. The molecule has 0 fully saturated rings. The highest BCUT2D eigenvalue weighted by molar-refractivity contribution is 6.32. The van der Waals surface area contributed by atoms with E-state index in [-0.39, 0.29) is 28.7 Å². The van der Waals surface area contributed by atoms with Crippen LogP contribution in [0.4, 0.5) is 10.1 Å². The minimum absolute atomic E-state index is 0.0313. The topological polar surface area (TPSA) is 93.0 Å². The second kappa shape index (κ2) is 8.08. The minimum Gasteiger partial charge on any atom is -0.454 e. The number of hydrogen-bond acceptors (Lipinski definition) is 4. The van der Waals surface area contributed by atoms with E-state index in [1.165, 1.54) is 6.07 Å². The highest BCUT2D eigenvalue weighted by atomic mass is 35.5. The molecule has 0 radical (unpaired) electrons. The number of carbonyl (C=O) groups is 1. The van der Waals surface area contributed by atoms with Gasteiger partial charge in [0.25, 0.3) is 5.91 Å². The number of halogens is 3. The number of nitrogens with two attached hydrogens (primary N) is 1. The van der Waals surface area contributed by atoms with Crippen LogP contribution in [0.1, 0.15) is 27.4 Å². The van der Waals surface area contributed by atoms with E-state index >= 15 is 0 Å². The lowest BCUT2D eigenvalue weighted by atomic mass is 10.1. The molecular weight excluding hydrogens is 406 g/mol. The molecule has 9 heteroatoms. The predicted molar refractivity (Wildman–Crippen MR) is 107 cm³/mol. The van der Waals surface area contributed by atoms with Crippen molar-refractivity contribution in [3.63, 3.8) is 0 Å². The number of nitrogens with one attached hydrogen (secondary N) is 2. The van der Waals surface area contributed by atoms with Crippen LogP contribution in [0.2, 0.25) is 10.2 Å². The molecule has 1 aromatic heterocycles. The van der Waals surface area contributed by atoms with Crippen LogP contribution >= 0.6 is 23.2 Å². The summed E-state index contributed by atoms with van der Waals surface area (Å²) in [6.07, 6.45) is 0. The van der Waals surface area contributed by atoms with Gasteiger partial charge in [0.1, 0.15) is 17.3 Å². The number of hydrogen-bond donors (Lipinski definition) is 3. The Labute approximate surface area is 170 Å². The van der Waals surface area contributed by atoms with E-state index in [1.807, 2.05) is 0 Å². The quantitative estimate of drug-likeness (QED) is 0.515. The summed E-state index contributed by atoms with van der Waals surface area (Å²) in [5.74, 6) is -0.230. The molecule has 28 heavy (non-hydrogen) atoms. The number of amides is 1. The van der Waals surface area contributed by atoms with Gasteiger partial charge in [-0.05, 0) is 31.5 Å². The molecule has 0 aliphatic heterocycles. The fourth-order valence-corrected chi connectivity index (χ4v) is 3.09. The molecule has 0 bridgehead atoms. The highest BCUT2D eigenvalue weighted by Crippen LogP contribution is 2.32. The van der Waals surface area contributed by atoms with Crippen LogP contribution in [0.5, 0.6) is 11.5 Å². The number of carbonyl (C=O) groups excluding carboxylic acids is 1. The maximum atomic E-state index is 15.0. The zero-order valence-electron chi connectivity index (χ0n) is 15.1. The second-order valence-electron chi connectivity index (χ2n) is 6.18. The van der Waals surface area contributed by atoms with Gasteiger partial charge in [0, 0.05) is 28.9 Å². The lowest BCUT2D eigenvalue weighted by molar-refractivity contribution is 0.0946. The zero-order valence-corrected chi connectivity index (χ0v) is 16.6. The van der Waals surface area contributed by atoms with E-state index in [0.717, 1.165) is 0 Å². The van der Waals surface area contributed by atoms with Crippen molar-refractivity contribution in [3.05, 3.63) is 69.0 Å². The van der Waals surface area contributed by atoms with E-state index < -0.39 is 11.7 Å². The number of aromatic nitrogens is 2. The SMILES string of the molecule is Cc1nc(Cl)c(C(=O)NCc2ccc(C)c(Oc3cc(N)cc(Cl)c3)c2F)[nH]1. The molecule has 0 saturated heterocycles. The minimum atomic E-state index is -0.592. The van der Waals surface area contributed by atoms with Crippen LogP contribution < -0.4 is 15.8 Å². The zero-order chi connectivity index (χ0) is 20.4. The molecule has 4 N–H and O–H groups in total. The Balaban J connectivity index is 1.80. The predicted octanol–water partition coefficient (Wildman–Crippen LogP) is 4.78. The molecule has 2 aromatic carbocycles. The van der Waals surface area contributed by atoms with E-state index in [4.69, 9.17) is 33.7 Å². The summed E-state index contributed by atoms with van der Waals surface area (Å²) in [4.78, 5) is 18.9. The van der Waals surface area contributed by atoms with Crippen molar-refractivity contribution in [1.29, 1.82) is 0 Å². The maximum Gasteiger partial charge on any atom is 0.271 e. The van der Waals surface area contributed by atoms with Gasteiger partial charge in [-0.1, -0.05) is 35.3 Å². The molecule has 3 rings (SSSR count). The van der Waals surface area contributed by atoms with Crippen molar-refractivity contribution in [1.82, 2.24) is 15.3 Å². The van der Waals surface area contributed by atoms with Crippen molar-refractivity contribution in [2.45, 2.75) is 20.4 Å². The van der Waals surface area contributed by atoms with Crippen molar-refractivity contribution in [3.8, 4) is 11.5 Å². The Hall–Kier alpha value is -2.77. The molecule has 0 unspecified atom stereocenters. The van der Waals surface area contributed by atoms with Crippen molar-refractivity contribution in [2.24, 2.45) is 0 Å². The molecule has 146 valence electrons. The van der Waals surface area contributed by atoms with Gasteiger partial charge in [0.2, 0.25) is 0 Å². The smallest absolute Gasteiger partial charge is 0.271 e. The number of benzene rings is 2. The Morgan fingerprint density at radius 1 is 1.29 bits per heavy atom. The molecule has 1 amide bonds. The molecule has 0 aliphatic carbocycles. The molecule has 0 saturated carbocycles. The fourth-order valence-electron chi connectivity index (χ4n) is 2.59. The van der Waals surface area contributed by atoms with Gasteiger partial charge in [0.15, 0.2) is 16.7 Å². The van der Waals surface area contributed by atoms with Crippen molar-refractivity contribution < 1.29 is 13.9 Å². The third-order valence-electron chi connectivity index (χ3n) is 3.93. The van der Waals surface area contributed by atoms with Crippen molar-refractivity contribution >= 4 is 34.8 Å². The monoisotopic (exact) mass is 422 g/mol. The Bertz CT molecular complexity index is 1030. The Morgan fingerprint density at radius 2 is 2.04 bits per heavy atom. The van der Waals surface area contributed by atoms with Crippen LogP contribution in [0, 0.1) is 19.7 Å². The summed E-state index contributed by atoms with van der Waals surface area (Å²) < 4.78 is 20.6. The van der Waals surface area contributed by atoms with Crippen LogP contribution in [0.3, 0.4) is 0 Å². The van der Waals surface area contributed by atoms with E-state index in [2.05, 4.69) is 15.3 Å². The van der Waals surface area contributed by atoms with E-state index in [1.54, 1.807) is 38.1 Å². The van der Waals surface area contributed by atoms with Gasteiger partial charge >= 0.3 is 0 Å². The van der Waals surface area contributed by atoms with E-state index in [9.17, 15) is 9.18 Å². The number of nitrogens with zero attached hydrogens (tertiary/aromatic N) is 1. The van der Waals surface area contributed by atoms with Crippen LogP contribution in [-0.2, 0) is 6.54 Å². The van der Waals surface area contributed by atoms with Crippen molar-refractivity contribution in [2.75, 3.05) is 5.73 Å². The van der Waals surface area contributed by atoms with Gasteiger partial charge in [0.05, 0.1) is 0 Å². The highest BCUT2D eigenvalue weighted by Gasteiger charge is 2.17. The number of nitrogen functional groups attached to an aromatic ring is 1. The number of anilines is 1. The van der Waals surface area contributed by atoms with Gasteiger partial charge in [-0.25, -0.2) is 9.37 Å². The number of H-pyrrole nitrogens is 1. The first kappa shape index (κ1) is 20.0. The lowest BCUT2D eigenvalue weighted by Gasteiger charge is -2.14. The first-order chi connectivity index (χ1) is 13.2. The second-order valence-corrected chi connectivity index (χ2v) is 6.97. The van der Waals surface area contributed by atoms with Crippen LogP contribution in [-0.4, -0.2) is 15.9 Å². The third-order valence-corrected chi connectivity index (χ3v) is 4.42. The summed E-state index contributed by atoms with van der Waals surface area (Å²) >= 11 is 11.9. The standard InChI is InChI=1S/C19H17Cl2FN4O2/c1-9-3-4-11(8-24-19(27)16-18(21)26-10(2)25-16)15(22)17(9)28-14-6-12(20)5-13(23)7-14/h3-7H,8,23H2,1-2H3,(H,24,27)(H,25,26). The summed E-state index contributed by atoms with van der Waals surface area (Å²) in [6.45, 7) is 3.32. The number of rotatable bonds is 5. The summed E-state index contributed by atoms with van der Waals surface area (Å²) in [6, 6.07) is 7.91.